The molecule has 2 aliphatic heterocycles. The molecule has 172 valence electrons. The van der Waals surface area contributed by atoms with Crippen molar-refractivity contribution in [2.24, 2.45) is 11.8 Å². The third-order valence-electron chi connectivity index (χ3n) is 8.44. The van der Waals surface area contributed by atoms with Crippen LogP contribution in [0, 0.1) is 11.8 Å². The van der Waals surface area contributed by atoms with Crippen LogP contribution in [0.25, 0.3) is 0 Å². The molecule has 2 saturated carbocycles. The van der Waals surface area contributed by atoms with E-state index in [1.54, 1.807) is 4.90 Å². The third-order valence-corrected chi connectivity index (χ3v) is 8.44. The first-order valence-corrected chi connectivity index (χ1v) is 12.7. The van der Waals surface area contributed by atoms with E-state index in [2.05, 4.69) is 36.3 Å². The highest BCUT2D eigenvalue weighted by Crippen LogP contribution is 2.34. The van der Waals surface area contributed by atoms with Gasteiger partial charge in [-0.3, -0.25) is 9.59 Å². The number of nitrogens with one attached hydrogen (secondary N) is 2. The standard InChI is InChI=1S/C27H37N3O2/c1-17-10-13-25(26(31)28-17)30-16-22-15-19(11-12-23(22)27(30)32)14-21-6-3-4-9-24(21)29-18(2)20-7-5-8-20/h11-12,15,18,20-21,24-25,29H,1,3-10,13-14,16H2,2H3,(H,28,31)/t18?,21-,24+,25?/m1/s1. The fourth-order valence-corrected chi connectivity index (χ4v) is 6.22. The fourth-order valence-electron chi connectivity index (χ4n) is 6.22. The molecule has 2 aliphatic carbocycles. The number of piperidine rings is 1. The Hall–Kier alpha value is -2.14. The number of hydrogen-bond acceptors (Lipinski definition) is 3. The van der Waals surface area contributed by atoms with Crippen molar-refractivity contribution in [1.82, 2.24) is 15.5 Å². The summed E-state index contributed by atoms with van der Waals surface area (Å²) < 4.78 is 0. The fraction of sp³-hybridized carbons (Fsp3) is 0.630. The first-order valence-electron chi connectivity index (χ1n) is 12.7. The van der Waals surface area contributed by atoms with Crippen molar-refractivity contribution in [3.8, 4) is 0 Å². The smallest absolute Gasteiger partial charge is 0.255 e. The number of hydrogen-bond donors (Lipinski definition) is 2. The molecular formula is C27H37N3O2. The Morgan fingerprint density at radius 3 is 2.69 bits per heavy atom. The Kier molecular flexibility index (Phi) is 6.11. The average Bonchev–Trinajstić information content (AvgIpc) is 3.04. The van der Waals surface area contributed by atoms with Gasteiger partial charge in [-0.25, -0.2) is 0 Å². The Morgan fingerprint density at radius 2 is 1.94 bits per heavy atom. The van der Waals surface area contributed by atoms with Gasteiger partial charge in [0.25, 0.3) is 5.91 Å². The van der Waals surface area contributed by atoms with Crippen LogP contribution >= 0.6 is 0 Å². The highest BCUT2D eigenvalue weighted by molar-refractivity contribution is 6.01. The molecule has 32 heavy (non-hydrogen) atoms. The van der Waals surface area contributed by atoms with Crippen LogP contribution < -0.4 is 10.6 Å². The van der Waals surface area contributed by atoms with Crippen LogP contribution in [0.15, 0.2) is 30.5 Å². The third kappa shape index (κ3) is 4.24. The van der Waals surface area contributed by atoms with E-state index < -0.39 is 0 Å². The van der Waals surface area contributed by atoms with E-state index in [0.29, 0.717) is 31.0 Å². The van der Waals surface area contributed by atoms with E-state index in [0.717, 1.165) is 35.6 Å². The van der Waals surface area contributed by atoms with Crippen molar-refractivity contribution >= 4 is 11.8 Å². The zero-order valence-electron chi connectivity index (χ0n) is 19.4. The first-order chi connectivity index (χ1) is 15.5. The van der Waals surface area contributed by atoms with E-state index in [9.17, 15) is 9.59 Å². The van der Waals surface area contributed by atoms with Gasteiger partial charge in [-0.1, -0.05) is 38.0 Å². The minimum atomic E-state index is -0.385. The summed E-state index contributed by atoms with van der Waals surface area (Å²) >= 11 is 0. The lowest BCUT2D eigenvalue weighted by Gasteiger charge is -2.39. The molecule has 1 aromatic carbocycles. The number of nitrogens with zero attached hydrogens (tertiary/aromatic N) is 1. The predicted octanol–water partition coefficient (Wildman–Crippen LogP) is 4.31. The molecule has 0 bridgehead atoms. The maximum Gasteiger partial charge on any atom is 0.255 e. The van der Waals surface area contributed by atoms with Gasteiger partial charge in [-0.15, -0.1) is 0 Å². The molecule has 2 amide bonds. The number of allylic oxidation sites excluding steroid dienone is 1. The highest BCUT2D eigenvalue weighted by Gasteiger charge is 2.38. The lowest BCUT2D eigenvalue weighted by atomic mass is 9.77. The summed E-state index contributed by atoms with van der Waals surface area (Å²) in [6, 6.07) is 7.21. The second-order valence-electron chi connectivity index (χ2n) is 10.6. The molecule has 2 heterocycles. The number of carbonyl (C=O) groups is 2. The topological polar surface area (TPSA) is 61.4 Å². The van der Waals surface area contributed by atoms with Crippen molar-refractivity contribution in [2.45, 2.75) is 95.8 Å². The lowest BCUT2D eigenvalue weighted by Crippen LogP contribution is -2.49. The number of rotatable bonds is 6. The Labute approximate surface area is 192 Å². The molecule has 5 nitrogen and oxygen atoms in total. The molecular weight excluding hydrogens is 398 g/mol. The predicted molar refractivity (Wildman–Crippen MR) is 126 cm³/mol. The van der Waals surface area contributed by atoms with Crippen LogP contribution in [0.4, 0.5) is 0 Å². The summed E-state index contributed by atoms with van der Waals surface area (Å²) in [4.78, 5) is 27.2. The summed E-state index contributed by atoms with van der Waals surface area (Å²) in [5, 5.41) is 6.82. The summed E-state index contributed by atoms with van der Waals surface area (Å²) in [7, 11) is 0. The first kappa shape index (κ1) is 21.7. The van der Waals surface area contributed by atoms with Crippen molar-refractivity contribution < 1.29 is 9.59 Å². The van der Waals surface area contributed by atoms with Crippen LogP contribution in [0.5, 0.6) is 0 Å². The molecule has 0 spiro atoms. The molecule has 0 radical (unpaired) electrons. The molecule has 4 atom stereocenters. The zero-order chi connectivity index (χ0) is 22.2. The van der Waals surface area contributed by atoms with Gasteiger partial charge >= 0.3 is 0 Å². The molecule has 1 saturated heterocycles. The Bertz CT molecular complexity index is 906. The monoisotopic (exact) mass is 435 g/mol. The Balaban J connectivity index is 1.26. The number of carbonyl (C=O) groups excluding carboxylic acids is 2. The van der Waals surface area contributed by atoms with Gasteiger partial charge in [0.1, 0.15) is 6.04 Å². The van der Waals surface area contributed by atoms with E-state index in [-0.39, 0.29) is 17.9 Å². The van der Waals surface area contributed by atoms with Crippen molar-refractivity contribution in [1.29, 1.82) is 0 Å². The van der Waals surface area contributed by atoms with Crippen LogP contribution in [0.2, 0.25) is 0 Å². The van der Waals surface area contributed by atoms with Crippen LogP contribution in [0.3, 0.4) is 0 Å². The van der Waals surface area contributed by atoms with E-state index >= 15 is 0 Å². The maximum absolute atomic E-state index is 13.0. The summed E-state index contributed by atoms with van der Waals surface area (Å²) in [5.41, 5.74) is 3.92. The van der Waals surface area contributed by atoms with Gasteiger partial charge in [0.2, 0.25) is 5.91 Å². The van der Waals surface area contributed by atoms with E-state index in [1.165, 1.54) is 50.5 Å². The number of benzene rings is 1. The minimum Gasteiger partial charge on any atom is -0.329 e. The lowest BCUT2D eigenvalue weighted by molar-refractivity contribution is -0.126. The average molecular weight is 436 g/mol. The van der Waals surface area contributed by atoms with Gasteiger partial charge in [0.05, 0.1) is 0 Å². The van der Waals surface area contributed by atoms with Gasteiger partial charge in [0.15, 0.2) is 0 Å². The highest BCUT2D eigenvalue weighted by atomic mass is 16.2. The second-order valence-corrected chi connectivity index (χ2v) is 10.6. The van der Waals surface area contributed by atoms with Gasteiger partial charge in [-0.05, 0) is 80.9 Å². The van der Waals surface area contributed by atoms with Crippen LogP contribution in [-0.2, 0) is 17.8 Å². The summed E-state index contributed by atoms with van der Waals surface area (Å²) in [6.45, 7) is 6.77. The van der Waals surface area contributed by atoms with Crippen molar-refractivity contribution in [2.75, 3.05) is 0 Å². The van der Waals surface area contributed by atoms with Gasteiger partial charge in [-0.2, -0.15) is 0 Å². The Morgan fingerprint density at radius 1 is 1.12 bits per heavy atom. The largest absolute Gasteiger partial charge is 0.329 e. The van der Waals surface area contributed by atoms with Gasteiger partial charge < -0.3 is 15.5 Å². The molecule has 5 rings (SSSR count). The van der Waals surface area contributed by atoms with Gasteiger partial charge in [0, 0.05) is 29.9 Å². The van der Waals surface area contributed by atoms with E-state index in [1.807, 2.05) is 6.07 Å². The number of fused-ring (bicyclic) bond motifs is 1. The maximum atomic E-state index is 13.0. The number of amides is 2. The van der Waals surface area contributed by atoms with Crippen molar-refractivity contribution in [3.63, 3.8) is 0 Å². The molecule has 0 aromatic heterocycles. The minimum absolute atomic E-state index is 0.00857. The molecule has 3 fully saturated rings. The summed E-state index contributed by atoms with van der Waals surface area (Å²) in [5.74, 6) is 1.42. The molecule has 5 heteroatoms. The van der Waals surface area contributed by atoms with Crippen LogP contribution in [0.1, 0.15) is 86.2 Å². The quantitative estimate of drug-likeness (QED) is 0.700. The van der Waals surface area contributed by atoms with E-state index in [4.69, 9.17) is 0 Å². The molecule has 2 N–H and O–H groups in total. The summed E-state index contributed by atoms with van der Waals surface area (Å²) in [6.07, 6.45) is 11.8. The van der Waals surface area contributed by atoms with Crippen LogP contribution in [-0.4, -0.2) is 34.8 Å². The normalized spacial score (nSPS) is 29.5. The zero-order valence-corrected chi connectivity index (χ0v) is 19.4. The molecule has 4 aliphatic rings. The molecule has 2 unspecified atom stereocenters. The van der Waals surface area contributed by atoms with Crippen molar-refractivity contribution in [3.05, 3.63) is 47.2 Å². The second kappa shape index (κ2) is 9.01. The SMILES string of the molecule is C=C1CCC(N2Cc3cc(C[C@H]4CCCC[C@@H]4NC(C)C4CCC4)ccc3C2=O)C(=O)N1. The molecule has 1 aromatic rings.